The van der Waals surface area contributed by atoms with E-state index in [1.165, 1.54) is 10.8 Å². The van der Waals surface area contributed by atoms with Crippen LogP contribution in [-0.2, 0) is 0 Å². The number of hydrogen-bond donors (Lipinski definition) is 1. The van der Waals surface area contributed by atoms with Gasteiger partial charge >= 0.3 is 0 Å². The van der Waals surface area contributed by atoms with Crippen LogP contribution in [-0.4, -0.2) is 9.97 Å². The van der Waals surface area contributed by atoms with Gasteiger partial charge in [-0.3, -0.25) is 0 Å². The van der Waals surface area contributed by atoms with Gasteiger partial charge in [-0.1, -0.05) is 72.8 Å². The summed E-state index contributed by atoms with van der Waals surface area (Å²) in [4.78, 5) is 8.16. The highest BCUT2D eigenvalue weighted by molar-refractivity contribution is 9.10. The van der Waals surface area contributed by atoms with Crippen molar-refractivity contribution in [1.29, 1.82) is 0 Å². The molecular formula is C19H13BrN2. The van der Waals surface area contributed by atoms with Gasteiger partial charge in [-0.25, -0.2) is 4.98 Å². The third-order valence-electron chi connectivity index (χ3n) is 3.75. The first kappa shape index (κ1) is 13.3. The zero-order valence-corrected chi connectivity index (χ0v) is 13.3. The van der Waals surface area contributed by atoms with Gasteiger partial charge in [0.05, 0.1) is 0 Å². The first-order valence-corrected chi connectivity index (χ1v) is 7.91. The monoisotopic (exact) mass is 348 g/mol. The van der Waals surface area contributed by atoms with E-state index in [4.69, 9.17) is 4.98 Å². The smallest absolute Gasteiger partial charge is 0.139 e. The molecule has 0 bridgehead atoms. The molecule has 0 saturated heterocycles. The summed E-state index contributed by atoms with van der Waals surface area (Å²) in [6, 6.07) is 24.8. The lowest BCUT2D eigenvalue weighted by molar-refractivity contribution is 1.31. The van der Waals surface area contributed by atoms with E-state index >= 15 is 0 Å². The van der Waals surface area contributed by atoms with Crippen LogP contribution >= 0.6 is 15.9 Å². The van der Waals surface area contributed by atoms with Crippen LogP contribution in [0.3, 0.4) is 0 Å². The highest BCUT2D eigenvalue weighted by Crippen LogP contribution is 2.32. The maximum Gasteiger partial charge on any atom is 0.139 e. The van der Waals surface area contributed by atoms with Gasteiger partial charge in [0.2, 0.25) is 0 Å². The molecule has 106 valence electrons. The van der Waals surface area contributed by atoms with Gasteiger partial charge in [0.25, 0.3) is 0 Å². The van der Waals surface area contributed by atoms with E-state index in [-0.39, 0.29) is 0 Å². The third-order valence-corrected chi connectivity index (χ3v) is 4.33. The summed E-state index contributed by atoms with van der Waals surface area (Å²) >= 11 is 3.60. The maximum atomic E-state index is 4.80. The second-order valence-electron chi connectivity index (χ2n) is 5.14. The number of hydrogen-bond acceptors (Lipinski definition) is 1. The van der Waals surface area contributed by atoms with Crippen LogP contribution in [0.2, 0.25) is 0 Å². The van der Waals surface area contributed by atoms with E-state index in [1.54, 1.807) is 0 Å². The van der Waals surface area contributed by atoms with E-state index in [2.05, 4.69) is 75.5 Å². The normalized spacial score (nSPS) is 11.0. The fraction of sp³-hybridized carbons (Fsp3) is 0. The first-order chi connectivity index (χ1) is 10.8. The molecule has 0 radical (unpaired) electrons. The van der Waals surface area contributed by atoms with E-state index in [0.717, 1.165) is 27.2 Å². The Balaban J connectivity index is 1.90. The molecule has 3 heteroatoms. The van der Waals surface area contributed by atoms with Gasteiger partial charge in [0.1, 0.15) is 16.1 Å². The lowest BCUT2D eigenvalue weighted by Gasteiger charge is -2.03. The van der Waals surface area contributed by atoms with Crippen molar-refractivity contribution >= 4 is 26.7 Å². The fourth-order valence-electron chi connectivity index (χ4n) is 2.70. The molecular weight excluding hydrogens is 336 g/mol. The molecule has 0 saturated carbocycles. The number of fused-ring (bicyclic) bond motifs is 1. The van der Waals surface area contributed by atoms with Crippen LogP contribution in [0.4, 0.5) is 0 Å². The zero-order chi connectivity index (χ0) is 14.9. The average Bonchev–Trinajstić information content (AvgIpc) is 2.97. The lowest BCUT2D eigenvalue weighted by atomic mass is 10.0. The van der Waals surface area contributed by atoms with Crippen molar-refractivity contribution < 1.29 is 0 Å². The summed E-state index contributed by atoms with van der Waals surface area (Å²) in [5.41, 5.74) is 3.14. The Morgan fingerprint density at radius 3 is 2.36 bits per heavy atom. The Hall–Kier alpha value is -2.39. The summed E-state index contributed by atoms with van der Waals surface area (Å²) in [5, 5.41) is 2.42. The van der Waals surface area contributed by atoms with Gasteiger partial charge in [-0.05, 0) is 26.7 Å². The van der Waals surface area contributed by atoms with E-state index in [0.29, 0.717) is 0 Å². The molecule has 22 heavy (non-hydrogen) atoms. The molecule has 3 aromatic carbocycles. The molecule has 0 spiro atoms. The van der Waals surface area contributed by atoms with Gasteiger partial charge in [-0.2, -0.15) is 0 Å². The molecule has 0 amide bonds. The van der Waals surface area contributed by atoms with E-state index in [1.807, 2.05) is 18.2 Å². The maximum absolute atomic E-state index is 4.80. The van der Waals surface area contributed by atoms with Crippen molar-refractivity contribution in [2.24, 2.45) is 0 Å². The number of rotatable bonds is 2. The minimum atomic E-state index is 0.877. The molecule has 2 nitrogen and oxygen atoms in total. The van der Waals surface area contributed by atoms with Crippen LogP contribution in [0.1, 0.15) is 0 Å². The second-order valence-corrected chi connectivity index (χ2v) is 5.93. The van der Waals surface area contributed by atoms with Crippen LogP contribution in [0.15, 0.2) is 77.4 Å². The van der Waals surface area contributed by atoms with Crippen LogP contribution in [0.25, 0.3) is 33.4 Å². The SMILES string of the molecule is Brc1[nH]c(-c2cccc3ccccc23)nc1-c1ccccc1. The summed E-state index contributed by atoms with van der Waals surface area (Å²) < 4.78 is 0.904. The van der Waals surface area contributed by atoms with Crippen molar-refractivity contribution in [2.45, 2.75) is 0 Å². The van der Waals surface area contributed by atoms with Gasteiger partial charge < -0.3 is 4.98 Å². The fourth-order valence-corrected chi connectivity index (χ4v) is 3.20. The Kier molecular flexibility index (Phi) is 3.28. The summed E-state index contributed by atoms with van der Waals surface area (Å²) in [6.45, 7) is 0. The largest absolute Gasteiger partial charge is 0.332 e. The number of H-pyrrole nitrogens is 1. The lowest BCUT2D eigenvalue weighted by Crippen LogP contribution is -1.83. The van der Waals surface area contributed by atoms with Crippen molar-refractivity contribution in [3.63, 3.8) is 0 Å². The Morgan fingerprint density at radius 2 is 1.50 bits per heavy atom. The first-order valence-electron chi connectivity index (χ1n) is 7.12. The molecule has 0 aliphatic heterocycles. The zero-order valence-electron chi connectivity index (χ0n) is 11.8. The molecule has 0 fully saturated rings. The number of imidazole rings is 1. The molecule has 0 unspecified atom stereocenters. The Morgan fingerprint density at radius 1 is 0.773 bits per heavy atom. The molecule has 1 aromatic heterocycles. The van der Waals surface area contributed by atoms with Gasteiger partial charge in [0, 0.05) is 11.1 Å². The molecule has 1 N–H and O–H groups in total. The van der Waals surface area contributed by atoms with Crippen molar-refractivity contribution in [1.82, 2.24) is 9.97 Å². The van der Waals surface area contributed by atoms with Crippen LogP contribution in [0.5, 0.6) is 0 Å². The number of aromatic nitrogens is 2. The van der Waals surface area contributed by atoms with Gasteiger partial charge in [0.15, 0.2) is 0 Å². The molecule has 4 rings (SSSR count). The summed E-state index contributed by atoms with van der Waals surface area (Å²) in [6.07, 6.45) is 0. The molecule has 4 aromatic rings. The number of halogens is 1. The predicted molar refractivity (Wildman–Crippen MR) is 94.7 cm³/mol. The molecule has 0 aliphatic rings. The third kappa shape index (κ3) is 2.24. The topological polar surface area (TPSA) is 28.7 Å². The van der Waals surface area contributed by atoms with Crippen molar-refractivity contribution in [3.05, 3.63) is 77.4 Å². The minimum Gasteiger partial charge on any atom is -0.332 e. The highest BCUT2D eigenvalue weighted by atomic mass is 79.9. The summed E-state index contributed by atoms with van der Waals surface area (Å²) in [5.74, 6) is 0.877. The Bertz CT molecular complexity index is 937. The van der Waals surface area contributed by atoms with Crippen LogP contribution in [0, 0.1) is 0 Å². The number of benzene rings is 3. The molecule has 0 atom stereocenters. The quantitative estimate of drug-likeness (QED) is 0.497. The van der Waals surface area contributed by atoms with Crippen molar-refractivity contribution in [3.8, 4) is 22.6 Å². The highest BCUT2D eigenvalue weighted by Gasteiger charge is 2.13. The number of aromatic amines is 1. The summed E-state index contributed by atoms with van der Waals surface area (Å²) in [7, 11) is 0. The average molecular weight is 349 g/mol. The van der Waals surface area contributed by atoms with Crippen LogP contribution < -0.4 is 0 Å². The van der Waals surface area contributed by atoms with Gasteiger partial charge in [-0.15, -0.1) is 0 Å². The Labute approximate surface area is 137 Å². The van der Waals surface area contributed by atoms with E-state index < -0.39 is 0 Å². The second kappa shape index (κ2) is 5.43. The molecule has 1 heterocycles. The number of nitrogens with zero attached hydrogens (tertiary/aromatic N) is 1. The van der Waals surface area contributed by atoms with E-state index in [9.17, 15) is 0 Å². The van der Waals surface area contributed by atoms with Crippen molar-refractivity contribution in [2.75, 3.05) is 0 Å². The standard InChI is InChI=1S/C19H13BrN2/c20-18-17(14-8-2-1-3-9-14)21-19(22-18)16-12-6-10-13-7-4-5-11-15(13)16/h1-12H,(H,21,22). The predicted octanol–water partition coefficient (Wildman–Crippen LogP) is 5.66. The minimum absolute atomic E-state index is 0.877. The number of nitrogens with one attached hydrogen (secondary N) is 1. The molecule has 0 aliphatic carbocycles.